The molecular weight excluding hydrogens is 162 g/mol. The van der Waals surface area contributed by atoms with Crippen LogP contribution < -0.4 is 5.73 Å². The Labute approximate surface area is 78.4 Å². The second-order valence-electron chi connectivity index (χ2n) is 3.63. The molecule has 70 valence electrons. The van der Waals surface area contributed by atoms with Crippen LogP contribution in [-0.2, 0) is 12.8 Å². The monoisotopic (exact) mass is 177 g/mol. The Hall–Kier alpha value is -0.860. The van der Waals surface area contributed by atoms with E-state index in [0.717, 1.165) is 12.0 Å². The molecular formula is C11H15NO. The van der Waals surface area contributed by atoms with E-state index >= 15 is 0 Å². The third-order valence-corrected chi connectivity index (χ3v) is 2.73. The van der Waals surface area contributed by atoms with Crippen LogP contribution in [0, 0.1) is 0 Å². The van der Waals surface area contributed by atoms with Gasteiger partial charge in [0, 0.05) is 6.54 Å². The molecule has 1 aliphatic rings. The van der Waals surface area contributed by atoms with Gasteiger partial charge < -0.3 is 10.8 Å². The molecule has 0 fully saturated rings. The van der Waals surface area contributed by atoms with Crippen LogP contribution in [0.1, 0.15) is 29.2 Å². The lowest BCUT2D eigenvalue weighted by Gasteiger charge is -2.09. The summed E-state index contributed by atoms with van der Waals surface area (Å²) in [6.07, 6.45) is 3.10. The van der Waals surface area contributed by atoms with Crippen LogP contribution in [0.4, 0.5) is 0 Å². The number of aliphatic hydroxyl groups excluding tert-OH is 1. The molecule has 3 N–H and O–H groups in total. The van der Waals surface area contributed by atoms with Crippen molar-refractivity contribution in [3.05, 3.63) is 34.9 Å². The molecule has 0 unspecified atom stereocenters. The van der Waals surface area contributed by atoms with E-state index in [2.05, 4.69) is 12.1 Å². The van der Waals surface area contributed by atoms with Crippen molar-refractivity contribution in [1.29, 1.82) is 0 Å². The lowest BCUT2D eigenvalue weighted by atomic mass is 10.0. The Morgan fingerprint density at radius 1 is 1.31 bits per heavy atom. The normalized spacial score (nSPS) is 17.1. The summed E-state index contributed by atoms with van der Waals surface area (Å²) in [5.74, 6) is 0. The second-order valence-corrected chi connectivity index (χ2v) is 3.63. The molecule has 2 heteroatoms. The zero-order valence-corrected chi connectivity index (χ0v) is 7.66. The Bertz CT molecular complexity index is 309. The van der Waals surface area contributed by atoms with E-state index in [1.807, 2.05) is 6.07 Å². The maximum absolute atomic E-state index is 9.54. The Morgan fingerprint density at radius 3 is 2.85 bits per heavy atom. The van der Waals surface area contributed by atoms with Crippen LogP contribution in [0.3, 0.4) is 0 Å². The van der Waals surface area contributed by atoms with Crippen molar-refractivity contribution in [2.45, 2.75) is 25.4 Å². The van der Waals surface area contributed by atoms with Gasteiger partial charge in [-0.1, -0.05) is 18.2 Å². The van der Waals surface area contributed by atoms with Gasteiger partial charge in [0.15, 0.2) is 0 Å². The fourth-order valence-corrected chi connectivity index (χ4v) is 1.94. The molecule has 0 spiro atoms. The summed E-state index contributed by atoms with van der Waals surface area (Å²) < 4.78 is 0. The summed E-state index contributed by atoms with van der Waals surface area (Å²) in [6, 6.07) is 6.21. The summed E-state index contributed by atoms with van der Waals surface area (Å²) in [5.41, 5.74) is 9.19. The van der Waals surface area contributed by atoms with Gasteiger partial charge in [-0.25, -0.2) is 0 Å². The van der Waals surface area contributed by atoms with Crippen molar-refractivity contribution >= 4 is 0 Å². The highest BCUT2D eigenvalue weighted by atomic mass is 16.3. The van der Waals surface area contributed by atoms with Crippen molar-refractivity contribution in [3.63, 3.8) is 0 Å². The number of rotatable bonds is 2. The number of hydrogen-bond acceptors (Lipinski definition) is 2. The van der Waals surface area contributed by atoms with Gasteiger partial charge in [-0.05, 0) is 36.0 Å². The molecule has 0 amide bonds. The van der Waals surface area contributed by atoms with E-state index < -0.39 is 6.10 Å². The quantitative estimate of drug-likeness (QED) is 0.712. The molecule has 0 aromatic heterocycles. The SMILES string of the molecule is NC[C@@H](O)c1ccc2c(c1)CCC2. The molecule has 0 bridgehead atoms. The first kappa shape index (κ1) is 8.73. The van der Waals surface area contributed by atoms with Gasteiger partial charge in [-0.15, -0.1) is 0 Å². The van der Waals surface area contributed by atoms with E-state index in [-0.39, 0.29) is 0 Å². The average Bonchev–Trinajstić information content (AvgIpc) is 2.63. The van der Waals surface area contributed by atoms with Crippen molar-refractivity contribution < 1.29 is 5.11 Å². The molecule has 0 saturated carbocycles. The molecule has 2 nitrogen and oxygen atoms in total. The van der Waals surface area contributed by atoms with Crippen molar-refractivity contribution in [3.8, 4) is 0 Å². The van der Waals surface area contributed by atoms with Crippen molar-refractivity contribution in [1.82, 2.24) is 0 Å². The number of fused-ring (bicyclic) bond motifs is 1. The summed E-state index contributed by atoms with van der Waals surface area (Å²) in [6.45, 7) is 0.304. The number of nitrogens with two attached hydrogens (primary N) is 1. The lowest BCUT2D eigenvalue weighted by Crippen LogP contribution is -2.11. The van der Waals surface area contributed by atoms with Crippen molar-refractivity contribution in [2.75, 3.05) is 6.54 Å². The third-order valence-electron chi connectivity index (χ3n) is 2.73. The van der Waals surface area contributed by atoms with Crippen LogP contribution >= 0.6 is 0 Å². The smallest absolute Gasteiger partial charge is 0.0912 e. The first-order valence-electron chi connectivity index (χ1n) is 4.81. The van der Waals surface area contributed by atoms with Crippen LogP contribution in [0.5, 0.6) is 0 Å². The van der Waals surface area contributed by atoms with Crippen LogP contribution in [0.15, 0.2) is 18.2 Å². The summed E-state index contributed by atoms with van der Waals surface area (Å²) >= 11 is 0. The van der Waals surface area contributed by atoms with Gasteiger partial charge in [0.05, 0.1) is 6.10 Å². The van der Waals surface area contributed by atoms with E-state index in [9.17, 15) is 5.11 Å². The van der Waals surface area contributed by atoms with E-state index in [1.165, 1.54) is 24.0 Å². The number of aryl methyl sites for hydroxylation is 2. The highest BCUT2D eigenvalue weighted by Gasteiger charge is 2.13. The molecule has 0 radical (unpaired) electrons. The maximum Gasteiger partial charge on any atom is 0.0912 e. The van der Waals surface area contributed by atoms with Gasteiger partial charge >= 0.3 is 0 Å². The predicted octanol–water partition coefficient (Wildman–Crippen LogP) is 1.17. The molecule has 0 aliphatic heterocycles. The Balaban J connectivity index is 2.30. The van der Waals surface area contributed by atoms with Crippen LogP contribution in [-0.4, -0.2) is 11.7 Å². The molecule has 1 aromatic rings. The third kappa shape index (κ3) is 1.60. The number of hydrogen-bond donors (Lipinski definition) is 2. The highest BCUT2D eigenvalue weighted by Crippen LogP contribution is 2.24. The minimum atomic E-state index is -0.495. The van der Waals surface area contributed by atoms with Crippen LogP contribution in [0.25, 0.3) is 0 Å². The highest BCUT2D eigenvalue weighted by molar-refractivity contribution is 5.36. The Kier molecular flexibility index (Phi) is 2.34. The summed E-state index contributed by atoms with van der Waals surface area (Å²) in [5, 5.41) is 9.54. The molecule has 1 atom stereocenters. The summed E-state index contributed by atoms with van der Waals surface area (Å²) in [7, 11) is 0. The molecule has 2 rings (SSSR count). The number of aliphatic hydroxyl groups is 1. The van der Waals surface area contributed by atoms with Crippen molar-refractivity contribution in [2.24, 2.45) is 5.73 Å². The van der Waals surface area contributed by atoms with E-state index in [1.54, 1.807) is 0 Å². The fourth-order valence-electron chi connectivity index (χ4n) is 1.94. The lowest BCUT2D eigenvalue weighted by molar-refractivity contribution is 0.186. The van der Waals surface area contributed by atoms with Gasteiger partial charge in [-0.3, -0.25) is 0 Å². The standard InChI is InChI=1S/C11H15NO/c12-7-11(13)10-5-4-8-2-1-3-9(8)6-10/h4-6,11,13H,1-3,7,12H2/t11-/m1/s1. The zero-order valence-electron chi connectivity index (χ0n) is 7.66. The first-order valence-corrected chi connectivity index (χ1v) is 4.81. The summed E-state index contributed by atoms with van der Waals surface area (Å²) in [4.78, 5) is 0. The molecule has 1 aromatic carbocycles. The molecule has 13 heavy (non-hydrogen) atoms. The largest absolute Gasteiger partial charge is 0.387 e. The first-order chi connectivity index (χ1) is 6.31. The van der Waals surface area contributed by atoms with Gasteiger partial charge in [-0.2, -0.15) is 0 Å². The molecule has 1 aliphatic carbocycles. The van der Waals surface area contributed by atoms with E-state index in [0.29, 0.717) is 6.54 Å². The fraction of sp³-hybridized carbons (Fsp3) is 0.455. The molecule has 0 heterocycles. The van der Waals surface area contributed by atoms with Gasteiger partial charge in [0.25, 0.3) is 0 Å². The van der Waals surface area contributed by atoms with Gasteiger partial charge in [0.2, 0.25) is 0 Å². The Morgan fingerprint density at radius 2 is 2.08 bits per heavy atom. The maximum atomic E-state index is 9.54. The minimum Gasteiger partial charge on any atom is -0.387 e. The van der Waals surface area contributed by atoms with Gasteiger partial charge in [0.1, 0.15) is 0 Å². The average molecular weight is 177 g/mol. The number of benzene rings is 1. The van der Waals surface area contributed by atoms with E-state index in [4.69, 9.17) is 5.73 Å². The molecule has 0 saturated heterocycles. The minimum absolute atomic E-state index is 0.304. The topological polar surface area (TPSA) is 46.2 Å². The zero-order chi connectivity index (χ0) is 9.26. The van der Waals surface area contributed by atoms with Crippen LogP contribution in [0.2, 0.25) is 0 Å². The second kappa shape index (κ2) is 3.48. The predicted molar refractivity (Wildman–Crippen MR) is 52.5 cm³/mol.